The molecular weight excluding hydrogens is 523 g/mol. The van der Waals surface area contributed by atoms with Crippen LogP contribution in [0.3, 0.4) is 0 Å². The summed E-state index contributed by atoms with van der Waals surface area (Å²) in [6, 6.07) is 13.8. The van der Waals surface area contributed by atoms with Gasteiger partial charge < -0.3 is 4.90 Å². The summed E-state index contributed by atoms with van der Waals surface area (Å²) < 4.78 is 16.1. The number of anilines is 1. The van der Waals surface area contributed by atoms with E-state index in [0.29, 0.717) is 29.6 Å². The summed E-state index contributed by atoms with van der Waals surface area (Å²) in [6.07, 6.45) is 3.04. The fraction of sp³-hybridized carbons (Fsp3) is 0.414. The Bertz CT molecular complexity index is 1360. The van der Waals surface area contributed by atoms with Crippen LogP contribution in [-0.2, 0) is 15.0 Å². The highest BCUT2D eigenvalue weighted by atomic mass is 35.5. The van der Waals surface area contributed by atoms with Gasteiger partial charge in [0.2, 0.25) is 11.8 Å². The average molecular weight is 555 g/mol. The van der Waals surface area contributed by atoms with Crippen molar-refractivity contribution in [3.8, 4) is 5.69 Å². The Morgan fingerprint density at radius 3 is 2.53 bits per heavy atom. The van der Waals surface area contributed by atoms with Crippen molar-refractivity contribution in [1.82, 2.24) is 14.7 Å². The summed E-state index contributed by atoms with van der Waals surface area (Å²) in [5.74, 6) is 0.0670. The van der Waals surface area contributed by atoms with Gasteiger partial charge in [-0.05, 0) is 49.1 Å². The predicted molar refractivity (Wildman–Crippen MR) is 151 cm³/mol. The number of thioether (sulfide) groups is 1. The van der Waals surface area contributed by atoms with E-state index in [2.05, 4.69) is 20.8 Å². The van der Waals surface area contributed by atoms with Crippen LogP contribution in [0.2, 0.25) is 5.02 Å². The first-order valence-corrected chi connectivity index (χ1v) is 14.4. The molecule has 200 valence electrons. The molecule has 2 amide bonds. The largest absolute Gasteiger partial charge is 0.341 e. The van der Waals surface area contributed by atoms with Gasteiger partial charge in [-0.3, -0.25) is 14.5 Å². The van der Waals surface area contributed by atoms with Crippen LogP contribution in [0.1, 0.15) is 62.1 Å². The number of piperidine rings is 1. The summed E-state index contributed by atoms with van der Waals surface area (Å²) in [5.41, 5.74) is 2.55. The number of nitrogens with zero attached hydrogens (tertiary/aromatic N) is 4. The molecule has 0 N–H and O–H groups in total. The van der Waals surface area contributed by atoms with Crippen molar-refractivity contribution in [2.75, 3.05) is 30.3 Å². The molecule has 9 heteroatoms. The minimum Gasteiger partial charge on any atom is -0.341 e. The molecular formula is C29H32ClFN4O2S. The summed E-state index contributed by atoms with van der Waals surface area (Å²) in [5, 5.41) is 5.17. The van der Waals surface area contributed by atoms with Gasteiger partial charge in [-0.15, -0.1) is 11.8 Å². The number of likely N-dealkylation sites (tertiary alicyclic amines) is 1. The molecule has 0 bridgehead atoms. The number of halogens is 2. The van der Waals surface area contributed by atoms with Gasteiger partial charge in [0, 0.05) is 24.1 Å². The first-order valence-electron chi connectivity index (χ1n) is 13.0. The second-order valence-corrected chi connectivity index (χ2v) is 12.4. The Labute approximate surface area is 232 Å². The number of benzene rings is 2. The zero-order chi connectivity index (χ0) is 27.0. The molecule has 3 heterocycles. The van der Waals surface area contributed by atoms with Crippen LogP contribution in [0.15, 0.2) is 48.5 Å². The van der Waals surface area contributed by atoms with Gasteiger partial charge in [0.1, 0.15) is 18.2 Å². The average Bonchev–Trinajstić information content (AvgIpc) is 3.22. The van der Waals surface area contributed by atoms with Crippen LogP contribution in [0, 0.1) is 5.82 Å². The fourth-order valence-electron chi connectivity index (χ4n) is 5.18. The second kappa shape index (κ2) is 10.7. The predicted octanol–water partition coefficient (Wildman–Crippen LogP) is 6.14. The first-order chi connectivity index (χ1) is 18.1. The highest BCUT2D eigenvalue weighted by molar-refractivity contribution is 8.00. The van der Waals surface area contributed by atoms with Crippen LogP contribution >= 0.6 is 23.4 Å². The number of aromatic nitrogens is 2. The quantitative estimate of drug-likeness (QED) is 0.388. The minimum atomic E-state index is -0.404. The van der Waals surface area contributed by atoms with Crippen molar-refractivity contribution < 1.29 is 14.0 Å². The normalized spacial score (nSPS) is 18.3. The molecule has 1 fully saturated rings. The van der Waals surface area contributed by atoms with E-state index < -0.39 is 5.41 Å². The Morgan fingerprint density at radius 2 is 1.84 bits per heavy atom. The number of amides is 2. The molecule has 5 rings (SSSR count). The molecule has 0 spiro atoms. The molecule has 38 heavy (non-hydrogen) atoms. The van der Waals surface area contributed by atoms with Gasteiger partial charge in [-0.25, -0.2) is 9.07 Å². The molecule has 2 aliphatic heterocycles. The lowest BCUT2D eigenvalue weighted by Gasteiger charge is -2.30. The standard InChI is InChI=1S/C29H32ClFN4O2S/c1-29(2,3)27-25-26(19-10-9-11-20(31)16-19)38-18-24(37)34(17-23(36)33-14-7-4-8-15-33)28(25)35(32-27)22-13-6-5-12-21(22)30/h5-6,9-13,16,26H,4,7-8,14-15,17-18H2,1-3H3. The number of hydrogen-bond donors (Lipinski definition) is 0. The minimum absolute atomic E-state index is 0.0811. The van der Waals surface area contributed by atoms with Gasteiger partial charge in [0.25, 0.3) is 0 Å². The molecule has 2 aliphatic rings. The monoisotopic (exact) mass is 554 g/mol. The van der Waals surface area contributed by atoms with Crippen molar-refractivity contribution in [1.29, 1.82) is 0 Å². The fourth-order valence-corrected chi connectivity index (χ4v) is 6.58. The lowest BCUT2D eigenvalue weighted by molar-refractivity contribution is -0.132. The summed E-state index contributed by atoms with van der Waals surface area (Å²) in [6.45, 7) is 7.51. The van der Waals surface area contributed by atoms with Crippen LogP contribution in [0.4, 0.5) is 10.2 Å². The smallest absolute Gasteiger partial charge is 0.242 e. The third kappa shape index (κ3) is 5.21. The molecule has 1 aromatic heterocycles. The Hall–Kier alpha value is -2.84. The molecule has 3 aromatic rings. The third-order valence-corrected chi connectivity index (χ3v) is 8.61. The van der Waals surface area contributed by atoms with Gasteiger partial charge in [-0.2, -0.15) is 5.10 Å². The van der Waals surface area contributed by atoms with Crippen LogP contribution < -0.4 is 4.90 Å². The lowest BCUT2D eigenvalue weighted by atomic mass is 9.87. The van der Waals surface area contributed by atoms with E-state index >= 15 is 0 Å². The summed E-state index contributed by atoms with van der Waals surface area (Å²) in [4.78, 5) is 30.6. The van der Waals surface area contributed by atoms with Gasteiger partial charge in [0.15, 0.2) is 0 Å². The molecule has 1 atom stereocenters. The molecule has 0 saturated carbocycles. The van der Waals surface area contributed by atoms with E-state index in [-0.39, 0.29) is 35.2 Å². The Kier molecular flexibility index (Phi) is 7.56. The number of para-hydroxylation sites is 1. The van der Waals surface area contributed by atoms with E-state index in [9.17, 15) is 14.0 Å². The molecule has 0 aliphatic carbocycles. The van der Waals surface area contributed by atoms with E-state index in [1.54, 1.807) is 21.7 Å². The van der Waals surface area contributed by atoms with Crippen molar-refractivity contribution >= 4 is 41.0 Å². The van der Waals surface area contributed by atoms with Gasteiger partial charge >= 0.3 is 0 Å². The van der Waals surface area contributed by atoms with Gasteiger partial charge in [-0.1, -0.05) is 56.6 Å². The van der Waals surface area contributed by atoms with Crippen LogP contribution in [0.25, 0.3) is 5.69 Å². The molecule has 0 radical (unpaired) electrons. The van der Waals surface area contributed by atoms with Crippen molar-refractivity contribution in [3.05, 3.63) is 76.2 Å². The maximum Gasteiger partial charge on any atom is 0.242 e. The second-order valence-electron chi connectivity index (χ2n) is 10.9. The first kappa shape index (κ1) is 26.8. The van der Waals surface area contributed by atoms with Gasteiger partial charge in [0.05, 0.1) is 27.4 Å². The summed E-state index contributed by atoms with van der Waals surface area (Å²) >= 11 is 8.09. The third-order valence-electron chi connectivity index (χ3n) is 7.03. The SMILES string of the molecule is CC(C)(C)c1nn(-c2ccccc2Cl)c2c1C(c1cccc(F)c1)SCC(=O)N2CC(=O)N1CCCCC1. The molecule has 2 aromatic carbocycles. The van der Waals surface area contributed by atoms with E-state index in [4.69, 9.17) is 16.7 Å². The topological polar surface area (TPSA) is 58.4 Å². The maximum absolute atomic E-state index is 14.4. The number of rotatable bonds is 4. The number of hydrogen-bond acceptors (Lipinski definition) is 4. The van der Waals surface area contributed by atoms with E-state index in [0.717, 1.165) is 36.1 Å². The summed E-state index contributed by atoms with van der Waals surface area (Å²) in [7, 11) is 0. The highest BCUT2D eigenvalue weighted by Crippen LogP contribution is 2.48. The van der Waals surface area contributed by atoms with E-state index in [1.807, 2.05) is 29.2 Å². The lowest BCUT2D eigenvalue weighted by Crippen LogP contribution is -2.45. The zero-order valence-electron chi connectivity index (χ0n) is 21.9. The Balaban J connectivity index is 1.74. The maximum atomic E-state index is 14.4. The number of fused-ring (bicyclic) bond motifs is 1. The number of carbonyl (C=O) groups excluding carboxylic acids is 2. The molecule has 1 unspecified atom stereocenters. The van der Waals surface area contributed by atoms with E-state index in [1.165, 1.54) is 23.9 Å². The van der Waals surface area contributed by atoms with Crippen LogP contribution in [0.5, 0.6) is 0 Å². The molecule has 1 saturated heterocycles. The Morgan fingerprint density at radius 1 is 1.11 bits per heavy atom. The van der Waals surface area contributed by atoms with Crippen molar-refractivity contribution in [2.45, 2.75) is 50.7 Å². The van der Waals surface area contributed by atoms with Crippen molar-refractivity contribution in [2.24, 2.45) is 0 Å². The van der Waals surface area contributed by atoms with Crippen molar-refractivity contribution in [3.63, 3.8) is 0 Å². The van der Waals surface area contributed by atoms with Crippen LogP contribution in [-0.4, -0.2) is 51.9 Å². The highest BCUT2D eigenvalue weighted by Gasteiger charge is 2.40. The zero-order valence-corrected chi connectivity index (χ0v) is 23.5. The molecule has 6 nitrogen and oxygen atoms in total. The number of carbonyl (C=O) groups is 2.